The van der Waals surface area contributed by atoms with E-state index in [-0.39, 0.29) is 0 Å². The summed E-state index contributed by atoms with van der Waals surface area (Å²) >= 11 is 0. The summed E-state index contributed by atoms with van der Waals surface area (Å²) < 4.78 is 7.60. The second kappa shape index (κ2) is 7.03. The van der Waals surface area contributed by atoms with E-state index in [1.165, 1.54) is 0 Å². The number of aryl methyl sites for hydroxylation is 1. The summed E-state index contributed by atoms with van der Waals surface area (Å²) in [5.41, 5.74) is 4.45. The van der Waals surface area contributed by atoms with Crippen molar-refractivity contribution < 1.29 is 25.2 Å². The summed E-state index contributed by atoms with van der Waals surface area (Å²) in [7, 11) is 1.94. The third-order valence-electron chi connectivity index (χ3n) is 5.17. The minimum Gasteiger partial charge on any atom is -0.394 e. The van der Waals surface area contributed by atoms with Crippen molar-refractivity contribution in [2.75, 3.05) is 6.61 Å². The Bertz CT molecular complexity index is 954. The highest BCUT2D eigenvalue weighted by atomic mass is 16.5. The molecule has 7 nitrogen and oxygen atoms in total. The van der Waals surface area contributed by atoms with Gasteiger partial charge in [-0.05, 0) is 34.9 Å². The molecule has 2 heterocycles. The predicted molar refractivity (Wildman–Crippen MR) is 98.9 cm³/mol. The fourth-order valence-electron chi connectivity index (χ4n) is 3.59. The van der Waals surface area contributed by atoms with Gasteiger partial charge >= 0.3 is 0 Å². The van der Waals surface area contributed by atoms with Crippen LogP contribution in [0.5, 0.6) is 0 Å². The molecule has 2 aromatic carbocycles. The van der Waals surface area contributed by atoms with Crippen LogP contribution in [-0.4, -0.2) is 61.0 Å². The van der Waals surface area contributed by atoms with Crippen LogP contribution in [0.25, 0.3) is 22.2 Å². The predicted octanol–water partition coefficient (Wildman–Crippen LogP) is 0.755. The number of hydrogen-bond donors (Lipinski definition) is 4. The van der Waals surface area contributed by atoms with Gasteiger partial charge in [0, 0.05) is 7.05 Å². The first-order chi connectivity index (χ1) is 13.0. The molecule has 0 amide bonds. The largest absolute Gasteiger partial charge is 0.394 e. The number of aliphatic hydroxyl groups is 4. The van der Waals surface area contributed by atoms with Crippen molar-refractivity contribution in [1.82, 2.24) is 9.55 Å². The SMILES string of the molecule is Cn1cnc2cc(-c3cccc([C@H]4O[C@H](CO)[C@@H](O)[C@H](O)[C@@H]4O)c3)ccc21. The maximum atomic E-state index is 10.4. The lowest BCUT2D eigenvalue weighted by Gasteiger charge is -2.40. The van der Waals surface area contributed by atoms with Crippen LogP contribution in [-0.2, 0) is 11.8 Å². The summed E-state index contributed by atoms with van der Waals surface area (Å²) in [6, 6.07) is 13.4. The fourth-order valence-corrected chi connectivity index (χ4v) is 3.59. The summed E-state index contributed by atoms with van der Waals surface area (Å²) in [6.07, 6.45) is -4.07. The first-order valence-corrected chi connectivity index (χ1v) is 8.81. The lowest BCUT2D eigenvalue weighted by molar-refractivity contribution is -0.231. The highest BCUT2D eigenvalue weighted by Crippen LogP contribution is 2.34. The Hall–Kier alpha value is -2.29. The van der Waals surface area contributed by atoms with E-state index in [1.54, 1.807) is 12.4 Å². The Balaban J connectivity index is 1.69. The maximum absolute atomic E-state index is 10.4. The zero-order valence-corrected chi connectivity index (χ0v) is 14.8. The summed E-state index contributed by atoms with van der Waals surface area (Å²) in [5, 5.41) is 39.7. The molecule has 0 unspecified atom stereocenters. The monoisotopic (exact) mass is 370 g/mol. The third kappa shape index (κ3) is 3.13. The van der Waals surface area contributed by atoms with Crippen LogP contribution in [0.2, 0.25) is 0 Å². The van der Waals surface area contributed by atoms with Gasteiger partial charge in [0.1, 0.15) is 30.5 Å². The molecule has 4 rings (SSSR count). The van der Waals surface area contributed by atoms with E-state index in [0.29, 0.717) is 5.56 Å². The number of aliphatic hydroxyl groups excluding tert-OH is 4. The van der Waals surface area contributed by atoms with Crippen LogP contribution >= 0.6 is 0 Å². The highest BCUT2D eigenvalue weighted by Gasteiger charge is 2.43. The lowest BCUT2D eigenvalue weighted by Crippen LogP contribution is -2.55. The molecule has 5 atom stereocenters. The third-order valence-corrected chi connectivity index (χ3v) is 5.17. The van der Waals surface area contributed by atoms with E-state index < -0.39 is 37.1 Å². The number of imidazole rings is 1. The quantitative estimate of drug-likeness (QED) is 0.542. The molecule has 142 valence electrons. The first-order valence-electron chi connectivity index (χ1n) is 8.81. The molecule has 1 saturated heterocycles. The molecule has 0 spiro atoms. The highest BCUT2D eigenvalue weighted by molar-refractivity contribution is 5.82. The topological polar surface area (TPSA) is 108 Å². The summed E-state index contributed by atoms with van der Waals surface area (Å²) in [4.78, 5) is 4.38. The van der Waals surface area contributed by atoms with E-state index in [9.17, 15) is 20.4 Å². The zero-order valence-electron chi connectivity index (χ0n) is 14.8. The maximum Gasteiger partial charge on any atom is 0.113 e. The summed E-state index contributed by atoms with van der Waals surface area (Å²) in [5.74, 6) is 0. The van der Waals surface area contributed by atoms with Gasteiger partial charge in [-0.3, -0.25) is 0 Å². The number of benzene rings is 2. The minimum absolute atomic E-state index is 0.447. The molecular formula is C20H22N2O5. The number of rotatable bonds is 3. The second-order valence-corrected chi connectivity index (χ2v) is 6.93. The van der Waals surface area contributed by atoms with Gasteiger partial charge in [-0.25, -0.2) is 4.98 Å². The van der Waals surface area contributed by atoms with Crippen molar-refractivity contribution in [3.63, 3.8) is 0 Å². The molecule has 4 N–H and O–H groups in total. The Kier molecular flexibility index (Phi) is 4.71. The van der Waals surface area contributed by atoms with Gasteiger partial charge in [-0.2, -0.15) is 0 Å². The van der Waals surface area contributed by atoms with Crippen LogP contribution in [0, 0.1) is 0 Å². The number of fused-ring (bicyclic) bond motifs is 1. The van der Waals surface area contributed by atoms with Crippen LogP contribution in [0.1, 0.15) is 11.7 Å². The van der Waals surface area contributed by atoms with Gasteiger partial charge in [0.2, 0.25) is 0 Å². The van der Waals surface area contributed by atoms with Gasteiger partial charge in [0.15, 0.2) is 0 Å². The Morgan fingerprint density at radius 2 is 1.78 bits per heavy atom. The first kappa shape index (κ1) is 18.1. The van der Waals surface area contributed by atoms with Crippen molar-refractivity contribution in [2.45, 2.75) is 30.5 Å². The second-order valence-electron chi connectivity index (χ2n) is 6.93. The number of nitrogens with zero attached hydrogens (tertiary/aromatic N) is 2. The average Bonchev–Trinajstić information content (AvgIpc) is 3.07. The average molecular weight is 370 g/mol. The van der Waals surface area contributed by atoms with Gasteiger partial charge in [-0.15, -0.1) is 0 Å². The van der Waals surface area contributed by atoms with Gasteiger partial charge in [0.05, 0.1) is 24.0 Å². The number of aromatic nitrogens is 2. The van der Waals surface area contributed by atoms with Crippen LogP contribution in [0.15, 0.2) is 48.8 Å². The Morgan fingerprint density at radius 1 is 1.00 bits per heavy atom. The molecule has 1 aromatic heterocycles. The van der Waals surface area contributed by atoms with Crippen molar-refractivity contribution in [2.24, 2.45) is 7.05 Å². The van der Waals surface area contributed by atoms with Crippen molar-refractivity contribution in [3.8, 4) is 11.1 Å². The van der Waals surface area contributed by atoms with E-state index in [4.69, 9.17) is 4.74 Å². The Morgan fingerprint density at radius 3 is 2.56 bits per heavy atom. The van der Waals surface area contributed by atoms with Crippen LogP contribution in [0.3, 0.4) is 0 Å². The molecule has 3 aromatic rings. The number of hydrogen-bond acceptors (Lipinski definition) is 6. The molecule has 1 fully saturated rings. The Labute approximate surface area is 156 Å². The van der Waals surface area contributed by atoms with Gasteiger partial charge in [0.25, 0.3) is 0 Å². The molecule has 7 heteroatoms. The van der Waals surface area contributed by atoms with Crippen molar-refractivity contribution in [1.29, 1.82) is 0 Å². The van der Waals surface area contributed by atoms with E-state index in [1.807, 2.05) is 48.0 Å². The van der Waals surface area contributed by atoms with Gasteiger partial charge < -0.3 is 29.7 Å². The standard InChI is InChI=1S/C20H22N2O5/c1-22-10-21-14-8-12(5-6-15(14)22)11-3-2-4-13(7-11)20-19(26)18(25)17(24)16(9-23)27-20/h2-8,10,16-20,23-26H,9H2,1H3/t16-,17-,18+,19+,20-/m1/s1. The lowest BCUT2D eigenvalue weighted by atomic mass is 9.90. The van der Waals surface area contributed by atoms with E-state index in [2.05, 4.69) is 4.98 Å². The van der Waals surface area contributed by atoms with Crippen molar-refractivity contribution >= 4 is 11.0 Å². The molecule has 0 aliphatic carbocycles. The molecule has 0 bridgehead atoms. The summed E-state index contributed by atoms with van der Waals surface area (Å²) in [6.45, 7) is -0.447. The zero-order chi connectivity index (χ0) is 19.1. The molecule has 0 saturated carbocycles. The van der Waals surface area contributed by atoms with E-state index in [0.717, 1.165) is 22.2 Å². The molecule has 0 radical (unpaired) electrons. The molecular weight excluding hydrogens is 348 g/mol. The number of ether oxygens (including phenoxy) is 1. The fraction of sp³-hybridized carbons (Fsp3) is 0.350. The molecule has 1 aliphatic rings. The van der Waals surface area contributed by atoms with Crippen LogP contribution < -0.4 is 0 Å². The van der Waals surface area contributed by atoms with Gasteiger partial charge in [-0.1, -0.05) is 24.3 Å². The van der Waals surface area contributed by atoms with Crippen LogP contribution in [0.4, 0.5) is 0 Å². The van der Waals surface area contributed by atoms with E-state index >= 15 is 0 Å². The van der Waals surface area contributed by atoms with Crippen molar-refractivity contribution in [3.05, 3.63) is 54.4 Å². The normalized spacial score (nSPS) is 28.6. The smallest absolute Gasteiger partial charge is 0.113 e. The molecule has 1 aliphatic heterocycles. The molecule has 27 heavy (non-hydrogen) atoms. The minimum atomic E-state index is -1.39.